The van der Waals surface area contributed by atoms with Crippen LogP contribution in [0.25, 0.3) is 0 Å². The number of nitrogens with one attached hydrogen (secondary N) is 1. The lowest BCUT2D eigenvalue weighted by molar-refractivity contribution is 0.0954. The lowest BCUT2D eigenvalue weighted by atomic mass is 10.2. The van der Waals surface area contributed by atoms with Crippen LogP contribution in [-0.4, -0.2) is 25.8 Å². The van der Waals surface area contributed by atoms with Gasteiger partial charge < -0.3 is 14.2 Å². The van der Waals surface area contributed by atoms with Gasteiger partial charge in [0.15, 0.2) is 11.5 Å². The Morgan fingerprint density at radius 2 is 1.82 bits per heavy atom. The highest BCUT2D eigenvalue weighted by molar-refractivity contribution is 9.10. The summed E-state index contributed by atoms with van der Waals surface area (Å²) in [5, 5.41) is 4.75. The summed E-state index contributed by atoms with van der Waals surface area (Å²) in [6.45, 7) is 4.32. The van der Waals surface area contributed by atoms with Crippen molar-refractivity contribution in [2.75, 3.05) is 13.7 Å². The van der Waals surface area contributed by atoms with E-state index in [1.165, 1.54) is 13.3 Å². The zero-order valence-corrected chi connectivity index (χ0v) is 20.2. The normalized spacial score (nSPS) is 10.6. The number of nitrogens with zero attached hydrogens (tertiary/aromatic N) is 1. The first kappa shape index (κ1) is 24.4. The topological polar surface area (TPSA) is 69.2 Å². The minimum Gasteiger partial charge on any atom is -0.493 e. The summed E-state index contributed by atoms with van der Waals surface area (Å²) in [4.78, 5) is 12.5. The Kier molecular flexibility index (Phi) is 8.92. The molecule has 0 radical (unpaired) electrons. The molecule has 0 spiro atoms. The van der Waals surface area contributed by atoms with Gasteiger partial charge in [0.05, 0.1) is 13.3 Å². The molecule has 3 aromatic carbocycles. The summed E-state index contributed by atoms with van der Waals surface area (Å²) in [6.07, 6.45) is 3.16. The van der Waals surface area contributed by atoms with Gasteiger partial charge in [0.25, 0.3) is 5.91 Å². The first-order valence-electron chi connectivity index (χ1n) is 9.92. The second-order valence-electron chi connectivity index (χ2n) is 6.76. The molecule has 0 bridgehead atoms. The molecule has 1 amide bonds. The summed E-state index contributed by atoms with van der Waals surface area (Å²) in [5.41, 5.74) is 4.58. The number of halogens is 2. The molecule has 0 aliphatic rings. The number of ether oxygens (including phenoxy) is 3. The van der Waals surface area contributed by atoms with Crippen LogP contribution in [0.5, 0.6) is 17.2 Å². The lowest BCUT2D eigenvalue weighted by Gasteiger charge is -2.11. The number of hydrogen-bond acceptors (Lipinski definition) is 5. The number of hydrogen-bond donors (Lipinski definition) is 1. The zero-order chi connectivity index (χ0) is 23.6. The predicted octanol–water partition coefficient (Wildman–Crippen LogP) is 6.02. The van der Waals surface area contributed by atoms with Crippen molar-refractivity contribution in [3.8, 4) is 17.2 Å². The number of amides is 1. The van der Waals surface area contributed by atoms with Crippen molar-refractivity contribution in [2.45, 2.75) is 6.61 Å². The van der Waals surface area contributed by atoms with Crippen molar-refractivity contribution in [2.24, 2.45) is 5.10 Å². The summed E-state index contributed by atoms with van der Waals surface area (Å²) < 4.78 is 17.6. The van der Waals surface area contributed by atoms with E-state index in [1.54, 1.807) is 24.3 Å². The van der Waals surface area contributed by atoms with Crippen LogP contribution in [0, 0.1) is 0 Å². The second kappa shape index (κ2) is 12.1. The summed E-state index contributed by atoms with van der Waals surface area (Å²) in [6, 6.07) is 17.9. The van der Waals surface area contributed by atoms with E-state index >= 15 is 0 Å². The molecule has 33 heavy (non-hydrogen) atoms. The van der Waals surface area contributed by atoms with Crippen LogP contribution < -0.4 is 19.6 Å². The molecule has 0 saturated carbocycles. The van der Waals surface area contributed by atoms with Crippen LogP contribution in [-0.2, 0) is 6.61 Å². The molecule has 0 fully saturated rings. The maximum absolute atomic E-state index is 12.5. The van der Waals surface area contributed by atoms with Gasteiger partial charge in [-0.25, -0.2) is 5.43 Å². The molecule has 0 unspecified atom stereocenters. The summed E-state index contributed by atoms with van der Waals surface area (Å²) in [7, 11) is 1.51. The van der Waals surface area contributed by atoms with Gasteiger partial charge in [0, 0.05) is 20.6 Å². The van der Waals surface area contributed by atoms with E-state index in [4.69, 9.17) is 25.8 Å². The molecule has 3 aromatic rings. The van der Waals surface area contributed by atoms with E-state index in [1.807, 2.05) is 42.5 Å². The lowest BCUT2D eigenvalue weighted by Crippen LogP contribution is -2.17. The van der Waals surface area contributed by atoms with Gasteiger partial charge in [-0.15, -0.1) is 0 Å². The van der Waals surface area contributed by atoms with Gasteiger partial charge >= 0.3 is 0 Å². The van der Waals surface area contributed by atoms with E-state index in [9.17, 15) is 4.79 Å². The highest BCUT2D eigenvalue weighted by atomic mass is 79.9. The van der Waals surface area contributed by atoms with Crippen molar-refractivity contribution in [3.05, 3.63) is 99.5 Å². The molecular weight excluding hydrogens is 508 g/mol. The van der Waals surface area contributed by atoms with E-state index in [2.05, 4.69) is 33.0 Å². The monoisotopic (exact) mass is 528 g/mol. The Hall–Kier alpha value is -3.29. The van der Waals surface area contributed by atoms with Crippen LogP contribution in [0.1, 0.15) is 21.5 Å². The van der Waals surface area contributed by atoms with Gasteiger partial charge in [-0.05, 0) is 54.1 Å². The fourth-order valence-electron chi connectivity index (χ4n) is 2.80. The number of carbonyl (C=O) groups excluding carboxylic acids is 1. The van der Waals surface area contributed by atoms with Crippen LogP contribution >= 0.6 is 27.5 Å². The fourth-order valence-corrected chi connectivity index (χ4v) is 3.30. The highest BCUT2D eigenvalue weighted by Crippen LogP contribution is 2.28. The number of hydrazone groups is 1. The van der Waals surface area contributed by atoms with E-state index < -0.39 is 5.91 Å². The van der Waals surface area contributed by atoms with Crippen molar-refractivity contribution in [1.82, 2.24) is 5.43 Å². The largest absolute Gasteiger partial charge is 0.493 e. The average molecular weight is 530 g/mol. The molecule has 0 atom stereocenters. The molecule has 6 nitrogen and oxygen atoms in total. The maximum Gasteiger partial charge on any atom is 0.271 e. The average Bonchev–Trinajstić information content (AvgIpc) is 2.83. The van der Waals surface area contributed by atoms with E-state index in [0.29, 0.717) is 46.6 Å². The molecule has 0 aliphatic carbocycles. The van der Waals surface area contributed by atoms with Gasteiger partial charge in [0.2, 0.25) is 0 Å². The van der Waals surface area contributed by atoms with Crippen LogP contribution in [0.4, 0.5) is 0 Å². The molecule has 170 valence electrons. The Bertz CT molecular complexity index is 1150. The maximum atomic E-state index is 12.5. The van der Waals surface area contributed by atoms with Crippen LogP contribution in [0.3, 0.4) is 0 Å². The summed E-state index contributed by atoms with van der Waals surface area (Å²) in [5.74, 6) is 1.20. The van der Waals surface area contributed by atoms with Crippen LogP contribution in [0.15, 0.2) is 82.9 Å². The highest BCUT2D eigenvalue weighted by Gasteiger charge is 2.11. The minimum atomic E-state index is -0.390. The first-order chi connectivity index (χ1) is 16.0. The molecule has 8 heteroatoms. The van der Waals surface area contributed by atoms with E-state index in [0.717, 1.165) is 10.0 Å². The van der Waals surface area contributed by atoms with Gasteiger partial charge in [0.1, 0.15) is 19.0 Å². The number of rotatable bonds is 10. The quantitative estimate of drug-likeness (QED) is 0.198. The van der Waals surface area contributed by atoms with Gasteiger partial charge in [-0.2, -0.15) is 5.10 Å². The third kappa shape index (κ3) is 7.10. The molecular formula is C25H22BrClN2O4. The van der Waals surface area contributed by atoms with Gasteiger partial charge in [-0.1, -0.05) is 52.3 Å². The number of methoxy groups -OCH3 is 1. The molecule has 0 heterocycles. The number of benzene rings is 3. The zero-order valence-electron chi connectivity index (χ0n) is 17.9. The fraction of sp³-hybridized carbons (Fsp3) is 0.120. The van der Waals surface area contributed by atoms with Crippen molar-refractivity contribution in [3.63, 3.8) is 0 Å². The van der Waals surface area contributed by atoms with Crippen molar-refractivity contribution < 1.29 is 19.0 Å². The van der Waals surface area contributed by atoms with Crippen molar-refractivity contribution in [1.29, 1.82) is 0 Å². The minimum absolute atomic E-state index is 0.335. The smallest absolute Gasteiger partial charge is 0.271 e. The standard InChI is InChI=1S/C25H22BrClN2O4/c1-3-12-32-23-10-6-18(14-24(23)31-2)25(30)29-28-15-19-13-20(26)7-11-22(19)33-16-17-4-8-21(27)9-5-17/h3-11,13-15H,1,12,16H2,2H3,(H,29,30)/b28-15+. The van der Waals surface area contributed by atoms with E-state index in [-0.39, 0.29) is 0 Å². The Balaban J connectivity index is 1.68. The second-order valence-corrected chi connectivity index (χ2v) is 8.11. The third-order valence-corrected chi connectivity index (χ3v) is 5.18. The Morgan fingerprint density at radius 3 is 2.55 bits per heavy atom. The first-order valence-corrected chi connectivity index (χ1v) is 11.1. The summed E-state index contributed by atoms with van der Waals surface area (Å²) >= 11 is 9.38. The molecule has 1 N–H and O–H groups in total. The predicted molar refractivity (Wildman–Crippen MR) is 134 cm³/mol. The third-order valence-electron chi connectivity index (χ3n) is 4.43. The molecule has 3 rings (SSSR count). The van der Waals surface area contributed by atoms with Crippen LogP contribution in [0.2, 0.25) is 5.02 Å². The molecule has 0 aromatic heterocycles. The number of carbonyl (C=O) groups is 1. The van der Waals surface area contributed by atoms with Gasteiger partial charge in [-0.3, -0.25) is 4.79 Å². The Morgan fingerprint density at radius 1 is 1.06 bits per heavy atom. The molecule has 0 saturated heterocycles. The Labute approximate surface area is 205 Å². The van der Waals surface area contributed by atoms with Crippen molar-refractivity contribution >= 4 is 39.7 Å². The SMILES string of the molecule is C=CCOc1ccc(C(=O)N/N=C/c2cc(Br)ccc2OCc2ccc(Cl)cc2)cc1OC. The molecule has 0 aliphatic heterocycles.